The Hall–Kier alpha value is -1.92. The van der Waals surface area contributed by atoms with Gasteiger partial charge in [-0.25, -0.2) is 0 Å². The van der Waals surface area contributed by atoms with E-state index in [1.54, 1.807) is 4.90 Å². The van der Waals surface area contributed by atoms with Gasteiger partial charge in [0.05, 0.1) is 12.6 Å². The lowest BCUT2D eigenvalue weighted by Crippen LogP contribution is -2.35. The first kappa shape index (κ1) is 15.6. The average Bonchev–Trinajstić information content (AvgIpc) is 3.25. The minimum absolute atomic E-state index is 0.00607. The number of benzene rings is 1. The van der Waals surface area contributed by atoms with Crippen molar-refractivity contribution in [3.05, 3.63) is 46.6 Å². The molecule has 0 unspecified atom stereocenters. The van der Waals surface area contributed by atoms with Crippen LogP contribution < -0.4 is 5.32 Å². The molecule has 1 N–H and O–H groups in total. The van der Waals surface area contributed by atoms with Crippen LogP contribution in [0, 0.1) is 0 Å². The topological polar surface area (TPSA) is 71.3 Å². The Bertz CT molecular complexity index is 741. The summed E-state index contributed by atoms with van der Waals surface area (Å²) in [5, 5.41) is 8.12. The number of carbonyl (C=O) groups is 1. The first-order valence-corrected chi connectivity index (χ1v) is 8.56. The summed E-state index contributed by atoms with van der Waals surface area (Å²) in [6.07, 6.45) is 2.72. The quantitative estimate of drug-likeness (QED) is 0.901. The maximum absolute atomic E-state index is 12.2. The van der Waals surface area contributed by atoms with E-state index in [0.717, 1.165) is 24.3 Å². The highest BCUT2D eigenvalue weighted by molar-refractivity contribution is 6.30. The third kappa shape index (κ3) is 3.03. The molecule has 6 nitrogen and oxygen atoms in total. The normalized spacial score (nSPS) is 23.9. The predicted molar refractivity (Wildman–Crippen MR) is 88.5 cm³/mol. The highest BCUT2D eigenvalue weighted by atomic mass is 35.5. The first-order valence-electron chi connectivity index (χ1n) is 8.19. The van der Waals surface area contributed by atoms with Crippen LogP contribution in [0.15, 0.2) is 28.8 Å². The van der Waals surface area contributed by atoms with Crippen molar-refractivity contribution in [1.82, 2.24) is 20.4 Å². The molecule has 1 aliphatic heterocycles. The summed E-state index contributed by atoms with van der Waals surface area (Å²) in [5.74, 6) is 1.96. The molecule has 1 amide bonds. The minimum Gasteiger partial charge on any atom is -0.339 e. The van der Waals surface area contributed by atoms with Crippen LogP contribution in [0.5, 0.6) is 0 Å². The summed E-state index contributed by atoms with van der Waals surface area (Å²) in [6, 6.07) is 7.63. The van der Waals surface area contributed by atoms with Gasteiger partial charge in [0.25, 0.3) is 0 Å². The molecule has 1 aromatic carbocycles. The van der Waals surface area contributed by atoms with E-state index in [9.17, 15) is 4.79 Å². The number of likely N-dealkylation sites (tertiary alicyclic amines) is 1. The van der Waals surface area contributed by atoms with Crippen LogP contribution in [0.3, 0.4) is 0 Å². The van der Waals surface area contributed by atoms with Crippen LogP contribution in [0.1, 0.15) is 48.5 Å². The Balaban J connectivity index is 1.47. The number of nitrogens with one attached hydrogen (secondary N) is 1. The number of hydrogen-bond donors (Lipinski definition) is 1. The predicted octanol–water partition coefficient (Wildman–Crippen LogP) is 2.66. The van der Waals surface area contributed by atoms with E-state index in [0.29, 0.717) is 29.7 Å². The van der Waals surface area contributed by atoms with E-state index in [1.165, 1.54) is 0 Å². The summed E-state index contributed by atoms with van der Waals surface area (Å²) in [6.45, 7) is 0.492. The number of aromatic nitrogens is 2. The molecule has 0 spiro atoms. The fraction of sp³-hybridized carbons (Fsp3) is 0.471. The molecule has 2 fully saturated rings. The molecule has 1 saturated carbocycles. The maximum Gasteiger partial charge on any atom is 0.229 e. The summed E-state index contributed by atoms with van der Waals surface area (Å²) in [5.41, 5.74) is 1.07. The molecule has 4 rings (SSSR count). The average molecular weight is 347 g/mol. The van der Waals surface area contributed by atoms with Crippen molar-refractivity contribution in [3.8, 4) is 0 Å². The SMILES string of the molecule is CN1C(=O)C[C@@H](NCc2noc(C3CC3)n2)[C@H]1c1ccc(Cl)cc1. The van der Waals surface area contributed by atoms with Crippen LogP contribution in [-0.2, 0) is 11.3 Å². The van der Waals surface area contributed by atoms with Gasteiger partial charge < -0.3 is 14.7 Å². The molecule has 1 saturated heterocycles. The lowest BCUT2D eigenvalue weighted by molar-refractivity contribution is -0.127. The zero-order valence-corrected chi connectivity index (χ0v) is 14.2. The van der Waals surface area contributed by atoms with Crippen molar-refractivity contribution in [3.63, 3.8) is 0 Å². The third-order valence-electron chi connectivity index (χ3n) is 4.73. The Morgan fingerprint density at radius 1 is 1.33 bits per heavy atom. The van der Waals surface area contributed by atoms with Crippen LogP contribution in [0.25, 0.3) is 0 Å². The summed E-state index contributed by atoms with van der Waals surface area (Å²) >= 11 is 5.97. The molecule has 24 heavy (non-hydrogen) atoms. The number of halogens is 1. The second-order valence-electron chi connectivity index (χ2n) is 6.52. The van der Waals surface area contributed by atoms with E-state index < -0.39 is 0 Å². The maximum atomic E-state index is 12.2. The molecule has 7 heteroatoms. The van der Waals surface area contributed by atoms with Gasteiger partial charge in [-0.05, 0) is 30.5 Å². The van der Waals surface area contributed by atoms with E-state index in [4.69, 9.17) is 16.1 Å². The molecule has 0 radical (unpaired) electrons. The van der Waals surface area contributed by atoms with E-state index in [1.807, 2.05) is 31.3 Å². The van der Waals surface area contributed by atoms with Gasteiger partial charge in [0.15, 0.2) is 5.82 Å². The van der Waals surface area contributed by atoms with Gasteiger partial charge in [-0.2, -0.15) is 4.98 Å². The molecule has 2 aliphatic rings. The van der Waals surface area contributed by atoms with Crippen molar-refractivity contribution in [2.75, 3.05) is 7.05 Å². The standard InChI is InChI=1S/C17H19ClN4O2/c1-22-15(23)8-13(16(22)10-4-6-12(18)7-5-10)19-9-14-20-17(24-21-14)11-2-3-11/h4-7,11,13,16,19H,2-3,8-9H2,1H3/t13-,16-/m1/s1. The van der Waals surface area contributed by atoms with E-state index in [-0.39, 0.29) is 18.0 Å². The number of hydrogen-bond acceptors (Lipinski definition) is 5. The Morgan fingerprint density at radius 2 is 2.08 bits per heavy atom. The molecule has 2 heterocycles. The van der Waals surface area contributed by atoms with Crippen LogP contribution in [0.4, 0.5) is 0 Å². The highest BCUT2D eigenvalue weighted by Gasteiger charge is 2.38. The molecule has 2 atom stereocenters. The fourth-order valence-corrected chi connectivity index (χ4v) is 3.35. The summed E-state index contributed by atoms with van der Waals surface area (Å²) in [4.78, 5) is 18.4. The lowest BCUT2D eigenvalue weighted by Gasteiger charge is -2.25. The monoisotopic (exact) mass is 346 g/mol. The van der Waals surface area contributed by atoms with Gasteiger partial charge in [-0.15, -0.1) is 0 Å². The van der Waals surface area contributed by atoms with Crippen molar-refractivity contribution in [2.24, 2.45) is 0 Å². The summed E-state index contributed by atoms with van der Waals surface area (Å²) in [7, 11) is 1.84. The van der Waals surface area contributed by atoms with Crippen molar-refractivity contribution >= 4 is 17.5 Å². The van der Waals surface area contributed by atoms with Crippen molar-refractivity contribution < 1.29 is 9.32 Å². The first-order chi connectivity index (χ1) is 11.6. The number of amides is 1. The molecule has 2 aromatic rings. The second kappa shape index (κ2) is 6.18. The van der Waals surface area contributed by atoms with E-state index >= 15 is 0 Å². The van der Waals surface area contributed by atoms with Gasteiger partial charge in [-0.3, -0.25) is 4.79 Å². The summed E-state index contributed by atoms with van der Waals surface area (Å²) < 4.78 is 5.28. The number of likely N-dealkylation sites (N-methyl/N-ethyl adjacent to an activating group) is 1. The molecular formula is C17H19ClN4O2. The number of carbonyl (C=O) groups excluding carboxylic acids is 1. The molecule has 126 valence electrons. The zero-order valence-electron chi connectivity index (χ0n) is 13.4. The molecular weight excluding hydrogens is 328 g/mol. The smallest absolute Gasteiger partial charge is 0.229 e. The van der Waals surface area contributed by atoms with Gasteiger partial charge in [0, 0.05) is 30.5 Å². The third-order valence-corrected chi connectivity index (χ3v) is 4.98. The van der Waals surface area contributed by atoms with Crippen LogP contribution >= 0.6 is 11.6 Å². The largest absolute Gasteiger partial charge is 0.339 e. The van der Waals surface area contributed by atoms with Crippen molar-refractivity contribution in [2.45, 2.75) is 43.8 Å². The van der Waals surface area contributed by atoms with E-state index in [2.05, 4.69) is 15.5 Å². The Kier molecular flexibility index (Phi) is 4.02. The Labute approximate surface area is 145 Å². The number of nitrogens with zero attached hydrogens (tertiary/aromatic N) is 3. The van der Waals surface area contributed by atoms with Gasteiger partial charge >= 0.3 is 0 Å². The van der Waals surface area contributed by atoms with Crippen LogP contribution in [-0.4, -0.2) is 34.0 Å². The van der Waals surface area contributed by atoms with Gasteiger partial charge in [0.1, 0.15) is 0 Å². The minimum atomic E-state index is -0.0235. The number of rotatable bonds is 5. The van der Waals surface area contributed by atoms with Gasteiger partial charge in [-0.1, -0.05) is 28.9 Å². The second-order valence-corrected chi connectivity index (χ2v) is 6.95. The van der Waals surface area contributed by atoms with Crippen molar-refractivity contribution in [1.29, 1.82) is 0 Å². The fourth-order valence-electron chi connectivity index (χ4n) is 3.23. The highest BCUT2D eigenvalue weighted by Crippen LogP contribution is 2.39. The molecule has 1 aliphatic carbocycles. The zero-order chi connectivity index (χ0) is 16.7. The Morgan fingerprint density at radius 3 is 2.79 bits per heavy atom. The molecule has 1 aromatic heterocycles. The van der Waals surface area contributed by atoms with Crippen LogP contribution in [0.2, 0.25) is 5.02 Å². The lowest BCUT2D eigenvalue weighted by atomic mass is 10.0. The van der Waals surface area contributed by atoms with Gasteiger partial charge in [0.2, 0.25) is 11.8 Å². The molecule has 0 bridgehead atoms.